The van der Waals surface area contributed by atoms with Gasteiger partial charge in [0.1, 0.15) is 18.5 Å². The fourth-order valence-electron chi connectivity index (χ4n) is 2.29. The second-order valence-electron chi connectivity index (χ2n) is 5.16. The predicted octanol–water partition coefficient (Wildman–Crippen LogP) is 3.32. The Morgan fingerprint density at radius 1 is 1.09 bits per heavy atom. The van der Waals surface area contributed by atoms with Crippen LogP contribution in [0.15, 0.2) is 54.6 Å². The zero-order valence-corrected chi connectivity index (χ0v) is 13.2. The topological polar surface area (TPSA) is 73.9 Å². The summed E-state index contributed by atoms with van der Waals surface area (Å²) in [7, 11) is 0. The number of nitrogens with one attached hydrogen (secondary N) is 2. The SMILES string of the molecule is OC(Cc1ccccc1OCc1ccccc1)c1n[nH]c(=S)[nH]1. The molecule has 0 saturated heterocycles. The number of aliphatic hydroxyl groups excluding tert-OH is 1. The van der Waals surface area contributed by atoms with Crippen LogP contribution in [0.2, 0.25) is 0 Å². The molecule has 0 aliphatic carbocycles. The second-order valence-corrected chi connectivity index (χ2v) is 5.57. The van der Waals surface area contributed by atoms with E-state index >= 15 is 0 Å². The molecule has 2 aromatic carbocycles. The van der Waals surface area contributed by atoms with E-state index in [9.17, 15) is 5.11 Å². The highest BCUT2D eigenvalue weighted by molar-refractivity contribution is 7.71. The third-order valence-electron chi connectivity index (χ3n) is 3.46. The van der Waals surface area contributed by atoms with Gasteiger partial charge in [-0.25, -0.2) is 0 Å². The lowest BCUT2D eigenvalue weighted by Crippen LogP contribution is -2.06. The van der Waals surface area contributed by atoms with Crippen molar-refractivity contribution in [2.45, 2.75) is 19.1 Å². The standard InChI is InChI=1S/C17H17N3O2S/c21-14(16-18-17(23)20-19-16)10-13-8-4-5-9-15(13)22-11-12-6-2-1-3-7-12/h1-9,14,21H,10-11H2,(H2,18,19,20,23). The van der Waals surface area contributed by atoms with Gasteiger partial charge in [0.25, 0.3) is 0 Å². The maximum absolute atomic E-state index is 10.3. The van der Waals surface area contributed by atoms with Crippen LogP contribution in [-0.4, -0.2) is 20.3 Å². The van der Waals surface area contributed by atoms with E-state index < -0.39 is 6.10 Å². The summed E-state index contributed by atoms with van der Waals surface area (Å²) in [6, 6.07) is 17.6. The van der Waals surface area contributed by atoms with E-state index in [-0.39, 0.29) is 0 Å². The third kappa shape index (κ3) is 4.06. The van der Waals surface area contributed by atoms with Crippen LogP contribution in [0.4, 0.5) is 0 Å². The zero-order chi connectivity index (χ0) is 16.1. The van der Waals surface area contributed by atoms with Crippen molar-refractivity contribution in [2.24, 2.45) is 0 Å². The molecule has 0 amide bonds. The average molecular weight is 327 g/mol. The van der Waals surface area contributed by atoms with Gasteiger partial charge in [-0.15, -0.1) is 0 Å². The lowest BCUT2D eigenvalue weighted by molar-refractivity contribution is 0.167. The maximum atomic E-state index is 10.3. The van der Waals surface area contributed by atoms with Gasteiger partial charge in [-0.05, 0) is 29.4 Å². The Labute approximate surface area is 139 Å². The summed E-state index contributed by atoms with van der Waals surface area (Å²) in [6.45, 7) is 0.485. The van der Waals surface area contributed by atoms with Crippen molar-refractivity contribution >= 4 is 12.2 Å². The first-order valence-electron chi connectivity index (χ1n) is 7.29. The van der Waals surface area contributed by atoms with E-state index in [2.05, 4.69) is 15.2 Å². The number of rotatable bonds is 6. The summed E-state index contributed by atoms with van der Waals surface area (Å²) in [6.07, 6.45) is -0.384. The number of aromatic nitrogens is 3. The second kappa shape index (κ2) is 7.21. The molecular formula is C17H17N3O2S. The largest absolute Gasteiger partial charge is 0.489 e. The normalized spacial score (nSPS) is 12.0. The van der Waals surface area contributed by atoms with E-state index in [4.69, 9.17) is 17.0 Å². The highest BCUT2D eigenvalue weighted by Gasteiger charge is 2.14. The van der Waals surface area contributed by atoms with Crippen LogP contribution >= 0.6 is 12.2 Å². The molecule has 23 heavy (non-hydrogen) atoms. The highest BCUT2D eigenvalue weighted by Crippen LogP contribution is 2.24. The number of hydrogen-bond acceptors (Lipinski definition) is 4. The molecule has 0 spiro atoms. The summed E-state index contributed by atoms with van der Waals surface area (Å²) in [4.78, 5) is 2.83. The van der Waals surface area contributed by atoms with Gasteiger partial charge < -0.3 is 14.8 Å². The van der Waals surface area contributed by atoms with Gasteiger partial charge in [-0.2, -0.15) is 5.10 Å². The van der Waals surface area contributed by atoms with Crippen LogP contribution in [-0.2, 0) is 13.0 Å². The zero-order valence-electron chi connectivity index (χ0n) is 12.4. The Morgan fingerprint density at radius 2 is 1.83 bits per heavy atom. The monoisotopic (exact) mass is 327 g/mol. The summed E-state index contributed by atoms with van der Waals surface area (Å²) >= 11 is 4.93. The lowest BCUT2D eigenvalue weighted by Gasteiger charge is -2.13. The first-order chi connectivity index (χ1) is 11.2. The molecule has 118 valence electrons. The summed E-state index contributed by atoms with van der Waals surface area (Å²) in [5.41, 5.74) is 2.01. The molecule has 3 rings (SSSR count). The van der Waals surface area contributed by atoms with Crippen molar-refractivity contribution in [1.29, 1.82) is 0 Å². The fraction of sp³-hybridized carbons (Fsp3) is 0.176. The number of aliphatic hydroxyl groups is 1. The minimum Gasteiger partial charge on any atom is -0.489 e. The highest BCUT2D eigenvalue weighted by atomic mass is 32.1. The number of hydrogen-bond donors (Lipinski definition) is 3. The van der Waals surface area contributed by atoms with Gasteiger partial charge in [-0.3, -0.25) is 5.10 Å². The number of ether oxygens (including phenoxy) is 1. The molecule has 1 heterocycles. The molecule has 0 aliphatic heterocycles. The van der Waals surface area contributed by atoms with Gasteiger partial charge in [0.2, 0.25) is 0 Å². The van der Waals surface area contributed by atoms with Crippen molar-refractivity contribution in [2.75, 3.05) is 0 Å². The molecule has 1 unspecified atom stereocenters. The Kier molecular flexibility index (Phi) is 4.85. The number of benzene rings is 2. The number of H-pyrrole nitrogens is 2. The van der Waals surface area contributed by atoms with Crippen LogP contribution in [0.3, 0.4) is 0 Å². The van der Waals surface area contributed by atoms with Crippen molar-refractivity contribution in [3.63, 3.8) is 0 Å². The van der Waals surface area contributed by atoms with E-state index in [1.165, 1.54) is 0 Å². The Hall–Kier alpha value is -2.44. The Balaban J connectivity index is 1.71. The van der Waals surface area contributed by atoms with Gasteiger partial charge in [-0.1, -0.05) is 48.5 Å². The molecule has 0 saturated carbocycles. The van der Waals surface area contributed by atoms with Crippen molar-refractivity contribution < 1.29 is 9.84 Å². The first kappa shape index (κ1) is 15.5. The lowest BCUT2D eigenvalue weighted by atomic mass is 10.1. The molecule has 5 nitrogen and oxygen atoms in total. The molecule has 1 aromatic heterocycles. The Morgan fingerprint density at radius 3 is 2.57 bits per heavy atom. The molecule has 3 aromatic rings. The van der Waals surface area contributed by atoms with E-state index in [0.717, 1.165) is 16.9 Å². The van der Waals surface area contributed by atoms with E-state index in [0.29, 0.717) is 23.6 Å². The molecular weight excluding hydrogens is 310 g/mol. The van der Waals surface area contributed by atoms with Crippen LogP contribution in [0.25, 0.3) is 0 Å². The molecule has 3 N–H and O–H groups in total. The molecule has 0 radical (unpaired) electrons. The smallest absolute Gasteiger partial charge is 0.192 e. The third-order valence-corrected chi connectivity index (χ3v) is 3.65. The van der Waals surface area contributed by atoms with Gasteiger partial charge in [0, 0.05) is 6.42 Å². The van der Waals surface area contributed by atoms with Crippen molar-refractivity contribution in [3.8, 4) is 5.75 Å². The van der Waals surface area contributed by atoms with Gasteiger partial charge in [0.05, 0.1) is 0 Å². The van der Waals surface area contributed by atoms with Crippen molar-refractivity contribution in [1.82, 2.24) is 15.2 Å². The maximum Gasteiger partial charge on any atom is 0.192 e. The molecule has 0 aliphatic rings. The summed E-state index contributed by atoms with van der Waals surface area (Å²) in [5, 5.41) is 16.9. The minimum atomic E-state index is -0.774. The number of aromatic amines is 2. The average Bonchev–Trinajstić information content (AvgIpc) is 3.02. The molecule has 0 fully saturated rings. The molecule has 1 atom stereocenters. The fourth-order valence-corrected chi connectivity index (χ4v) is 2.44. The van der Waals surface area contributed by atoms with Crippen LogP contribution < -0.4 is 4.74 Å². The molecule has 0 bridgehead atoms. The predicted molar refractivity (Wildman–Crippen MR) is 89.7 cm³/mol. The van der Waals surface area contributed by atoms with Crippen molar-refractivity contribution in [3.05, 3.63) is 76.3 Å². The van der Waals surface area contributed by atoms with Gasteiger partial charge in [0.15, 0.2) is 10.6 Å². The van der Waals surface area contributed by atoms with Crippen LogP contribution in [0.5, 0.6) is 5.75 Å². The van der Waals surface area contributed by atoms with E-state index in [1.807, 2.05) is 54.6 Å². The van der Waals surface area contributed by atoms with Crippen LogP contribution in [0, 0.1) is 4.77 Å². The van der Waals surface area contributed by atoms with Crippen LogP contribution in [0.1, 0.15) is 23.1 Å². The summed E-state index contributed by atoms with van der Waals surface area (Å²) < 4.78 is 6.29. The Bertz CT molecular complexity index is 814. The number of nitrogens with zero attached hydrogens (tertiary/aromatic N) is 1. The quantitative estimate of drug-likeness (QED) is 0.607. The summed E-state index contributed by atoms with van der Waals surface area (Å²) in [5.74, 6) is 1.18. The number of para-hydroxylation sites is 1. The van der Waals surface area contributed by atoms with E-state index in [1.54, 1.807) is 0 Å². The molecule has 6 heteroatoms. The van der Waals surface area contributed by atoms with Gasteiger partial charge >= 0.3 is 0 Å². The first-order valence-corrected chi connectivity index (χ1v) is 7.70. The minimum absolute atomic E-state index is 0.390.